The van der Waals surface area contributed by atoms with Gasteiger partial charge in [0.2, 0.25) is 0 Å². The molecule has 0 unspecified atom stereocenters. The molecule has 1 fully saturated rings. The van der Waals surface area contributed by atoms with E-state index in [2.05, 4.69) is 35.0 Å². The van der Waals surface area contributed by atoms with E-state index >= 15 is 0 Å². The van der Waals surface area contributed by atoms with Crippen molar-refractivity contribution in [1.82, 2.24) is 9.80 Å². The van der Waals surface area contributed by atoms with Crippen LogP contribution >= 0.6 is 0 Å². The highest BCUT2D eigenvalue weighted by Crippen LogP contribution is 2.14. The van der Waals surface area contributed by atoms with Gasteiger partial charge < -0.3 is 4.90 Å². The minimum absolute atomic E-state index is 0.826. The van der Waals surface area contributed by atoms with Crippen LogP contribution in [0.1, 0.15) is 11.1 Å². The fraction of sp³-hybridized carbons (Fsp3) is 0.400. The first kappa shape index (κ1) is 13.0. The minimum Gasteiger partial charge on any atom is -0.304 e. The SMILES string of the molecule is CN1CCN(Cc2ccccc2C=CC=O)CC1. The van der Waals surface area contributed by atoms with Gasteiger partial charge in [0.1, 0.15) is 6.29 Å². The third-order valence-corrected chi connectivity index (χ3v) is 3.40. The summed E-state index contributed by atoms with van der Waals surface area (Å²) < 4.78 is 0. The Morgan fingerprint density at radius 2 is 1.89 bits per heavy atom. The van der Waals surface area contributed by atoms with E-state index in [9.17, 15) is 4.79 Å². The maximum atomic E-state index is 10.4. The molecule has 3 nitrogen and oxygen atoms in total. The van der Waals surface area contributed by atoms with Crippen molar-refractivity contribution in [2.75, 3.05) is 33.2 Å². The van der Waals surface area contributed by atoms with Gasteiger partial charge >= 0.3 is 0 Å². The van der Waals surface area contributed by atoms with Crippen LogP contribution in [-0.2, 0) is 11.3 Å². The molecule has 0 radical (unpaired) electrons. The Morgan fingerprint density at radius 1 is 1.17 bits per heavy atom. The Bertz CT molecular complexity index is 420. The number of hydrogen-bond acceptors (Lipinski definition) is 3. The number of aldehydes is 1. The lowest BCUT2D eigenvalue weighted by molar-refractivity contribution is -0.104. The minimum atomic E-state index is 0.826. The lowest BCUT2D eigenvalue weighted by Gasteiger charge is -2.32. The summed E-state index contributed by atoms with van der Waals surface area (Å²) >= 11 is 0. The molecule has 0 atom stereocenters. The number of allylic oxidation sites excluding steroid dienone is 1. The number of likely N-dealkylation sites (N-methyl/N-ethyl adjacent to an activating group) is 1. The molecular formula is C15H20N2O. The second kappa shape index (κ2) is 6.47. The van der Waals surface area contributed by atoms with Crippen LogP contribution in [0.5, 0.6) is 0 Å². The van der Waals surface area contributed by atoms with Crippen LogP contribution < -0.4 is 0 Å². The van der Waals surface area contributed by atoms with Crippen LogP contribution in [0.3, 0.4) is 0 Å². The Kier molecular flexibility index (Phi) is 4.67. The Morgan fingerprint density at radius 3 is 2.61 bits per heavy atom. The van der Waals surface area contributed by atoms with Gasteiger partial charge in [0.05, 0.1) is 0 Å². The summed E-state index contributed by atoms with van der Waals surface area (Å²) in [6.07, 6.45) is 4.27. The Labute approximate surface area is 109 Å². The molecule has 96 valence electrons. The highest BCUT2D eigenvalue weighted by atomic mass is 16.1. The highest BCUT2D eigenvalue weighted by Gasteiger charge is 2.14. The molecule has 18 heavy (non-hydrogen) atoms. The molecule has 0 bridgehead atoms. The topological polar surface area (TPSA) is 23.6 Å². The Hall–Kier alpha value is -1.45. The van der Waals surface area contributed by atoms with E-state index in [1.165, 1.54) is 5.56 Å². The van der Waals surface area contributed by atoms with Crippen molar-refractivity contribution in [1.29, 1.82) is 0 Å². The van der Waals surface area contributed by atoms with Crippen molar-refractivity contribution >= 4 is 12.4 Å². The van der Waals surface area contributed by atoms with Crippen molar-refractivity contribution in [3.8, 4) is 0 Å². The zero-order chi connectivity index (χ0) is 12.8. The van der Waals surface area contributed by atoms with E-state index in [1.54, 1.807) is 6.08 Å². The lowest BCUT2D eigenvalue weighted by Crippen LogP contribution is -2.43. The molecule has 1 heterocycles. The number of benzene rings is 1. The van der Waals surface area contributed by atoms with Crippen LogP contribution in [-0.4, -0.2) is 49.3 Å². The van der Waals surface area contributed by atoms with Gasteiger partial charge in [-0.05, 0) is 24.3 Å². The van der Waals surface area contributed by atoms with Crippen LogP contribution in [0.2, 0.25) is 0 Å². The highest BCUT2D eigenvalue weighted by molar-refractivity contribution is 5.74. The molecule has 1 aliphatic rings. The number of piperazine rings is 1. The van der Waals surface area contributed by atoms with E-state index in [0.29, 0.717) is 0 Å². The summed E-state index contributed by atoms with van der Waals surface area (Å²) in [4.78, 5) is 15.2. The molecular weight excluding hydrogens is 224 g/mol. The molecule has 1 aliphatic heterocycles. The number of carbonyl (C=O) groups is 1. The molecule has 1 saturated heterocycles. The maximum absolute atomic E-state index is 10.4. The zero-order valence-electron chi connectivity index (χ0n) is 10.9. The molecule has 0 N–H and O–H groups in total. The van der Waals surface area contributed by atoms with Crippen molar-refractivity contribution in [3.63, 3.8) is 0 Å². The monoisotopic (exact) mass is 244 g/mol. The normalized spacial score (nSPS) is 18.3. The molecule has 2 rings (SSSR count). The van der Waals surface area contributed by atoms with E-state index in [0.717, 1.165) is 44.6 Å². The van der Waals surface area contributed by atoms with Crippen molar-refractivity contribution in [2.24, 2.45) is 0 Å². The van der Waals surface area contributed by atoms with Gasteiger partial charge in [-0.1, -0.05) is 30.3 Å². The van der Waals surface area contributed by atoms with Crippen LogP contribution in [0.4, 0.5) is 0 Å². The van der Waals surface area contributed by atoms with Crippen molar-refractivity contribution in [2.45, 2.75) is 6.54 Å². The van der Waals surface area contributed by atoms with Crippen LogP contribution in [0.25, 0.3) is 6.08 Å². The Balaban J connectivity index is 2.04. The molecule has 0 aromatic heterocycles. The molecule has 0 amide bonds. The summed E-state index contributed by atoms with van der Waals surface area (Å²) in [7, 11) is 2.16. The summed E-state index contributed by atoms with van der Waals surface area (Å²) in [6.45, 7) is 5.45. The first-order valence-electron chi connectivity index (χ1n) is 6.40. The second-order valence-corrected chi connectivity index (χ2v) is 4.77. The maximum Gasteiger partial charge on any atom is 0.142 e. The average molecular weight is 244 g/mol. The predicted molar refractivity (Wildman–Crippen MR) is 74.3 cm³/mol. The first-order chi connectivity index (χ1) is 8.79. The largest absolute Gasteiger partial charge is 0.304 e. The summed E-state index contributed by atoms with van der Waals surface area (Å²) in [5, 5.41) is 0. The average Bonchev–Trinajstić information content (AvgIpc) is 2.40. The molecule has 0 aliphatic carbocycles. The fourth-order valence-electron chi connectivity index (χ4n) is 2.23. The van der Waals surface area contributed by atoms with E-state index in [4.69, 9.17) is 0 Å². The van der Waals surface area contributed by atoms with Gasteiger partial charge in [-0.25, -0.2) is 0 Å². The fourth-order valence-corrected chi connectivity index (χ4v) is 2.23. The first-order valence-corrected chi connectivity index (χ1v) is 6.40. The summed E-state index contributed by atoms with van der Waals surface area (Å²) in [6, 6.07) is 8.27. The van der Waals surface area contributed by atoms with Crippen LogP contribution in [0.15, 0.2) is 30.3 Å². The molecule has 3 heteroatoms. The number of rotatable bonds is 4. The van der Waals surface area contributed by atoms with Gasteiger partial charge in [0.25, 0.3) is 0 Å². The smallest absolute Gasteiger partial charge is 0.142 e. The van der Waals surface area contributed by atoms with E-state index < -0.39 is 0 Å². The van der Waals surface area contributed by atoms with Gasteiger partial charge in [-0.3, -0.25) is 9.69 Å². The van der Waals surface area contributed by atoms with Gasteiger partial charge in [0, 0.05) is 32.7 Å². The molecule has 1 aromatic rings. The van der Waals surface area contributed by atoms with E-state index in [1.807, 2.05) is 12.1 Å². The third-order valence-electron chi connectivity index (χ3n) is 3.40. The number of hydrogen-bond donors (Lipinski definition) is 0. The number of carbonyl (C=O) groups excluding carboxylic acids is 1. The summed E-state index contributed by atoms with van der Waals surface area (Å²) in [5.41, 5.74) is 2.43. The number of nitrogens with zero attached hydrogens (tertiary/aromatic N) is 2. The van der Waals surface area contributed by atoms with E-state index in [-0.39, 0.29) is 0 Å². The molecule has 1 aromatic carbocycles. The standard InChI is InChI=1S/C15H20N2O/c1-16-8-10-17(11-9-16)13-15-6-3-2-5-14(15)7-4-12-18/h2-7,12H,8-11,13H2,1H3. The molecule has 0 spiro atoms. The molecule has 0 saturated carbocycles. The van der Waals surface area contributed by atoms with Crippen molar-refractivity contribution in [3.05, 3.63) is 41.5 Å². The summed E-state index contributed by atoms with van der Waals surface area (Å²) in [5.74, 6) is 0. The third kappa shape index (κ3) is 3.52. The second-order valence-electron chi connectivity index (χ2n) is 4.77. The predicted octanol–water partition coefficient (Wildman–Crippen LogP) is 1.65. The van der Waals surface area contributed by atoms with Gasteiger partial charge in [-0.15, -0.1) is 0 Å². The van der Waals surface area contributed by atoms with Crippen LogP contribution in [0, 0.1) is 0 Å². The van der Waals surface area contributed by atoms with Gasteiger partial charge in [0.15, 0.2) is 0 Å². The van der Waals surface area contributed by atoms with Gasteiger partial charge in [-0.2, -0.15) is 0 Å². The van der Waals surface area contributed by atoms with Crippen molar-refractivity contribution < 1.29 is 4.79 Å². The zero-order valence-corrected chi connectivity index (χ0v) is 10.9. The quantitative estimate of drug-likeness (QED) is 0.594. The lowest BCUT2D eigenvalue weighted by atomic mass is 10.1.